The highest BCUT2D eigenvalue weighted by atomic mass is 35.5. The number of halogens is 1. The van der Waals surface area contributed by atoms with Gasteiger partial charge in [-0.05, 0) is 18.6 Å². The number of amides is 1. The van der Waals surface area contributed by atoms with Crippen LogP contribution in [0.2, 0.25) is 5.02 Å². The number of carbonyl (C=O) groups is 1. The van der Waals surface area contributed by atoms with E-state index < -0.39 is 0 Å². The minimum absolute atomic E-state index is 0.0778. The molecule has 0 aliphatic rings. The van der Waals surface area contributed by atoms with Crippen molar-refractivity contribution >= 4 is 29.3 Å². The second-order valence-corrected chi connectivity index (χ2v) is 6.06. The Labute approximate surface area is 133 Å². The lowest BCUT2D eigenvalue weighted by Gasteiger charge is -2.05. The number of benzene rings is 1. The molecule has 6 heteroatoms. The lowest BCUT2D eigenvalue weighted by molar-refractivity contribution is -0.120. The smallest absolute Gasteiger partial charge is 0.220 e. The number of hydrogen-bond acceptors (Lipinski definition) is 3. The van der Waals surface area contributed by atoms with Crippen LogP contribution in [0.4, 0.5) is 0 Å². The van der Waals surface area contributed by atoms with E-state index in [1.165, 1.54) is 0 Å². The molecule has 2 N–H and O–H groups in total. The van der Waals surface area contributed by atoms with E-state index in [1.807, 2.05) is 24.3 Å². The van der Waals surface area contributed by atoms with Crippen molar-refractivity contribution in [1.29, 1.82) is 0 Å². The molecule has 0 fully saturated rings. The Balaban J connectivity index is 1.56. The molecule has 0 spiro atoms. The molecule has 2 rings (SSSR count). The minimum atomic E-state index is 0.0778. The van der Waals surface area contributed by atoms with E-state index in [4.69, 9.17) is 11.6 Å². The van der Waals surface area contributed by atoms with E-state index >= 15 is 0 Å². The van der Waals surface area contributed by atoms with Gasteiger partial charge < -0.3 is 10.3 Å². The molecule has 0 bridgehead atoms. The highest BCUT2D eigenvalue weighted by molar-refractivity contribution is 7.99. The summed E-state index contributed by atoms with van der Waals surface area (Å²) in [5.74, 6) is 1.76. The molecule has 1 aromatic carbocycles. The summed E-state index contributed by atoms with van der Waals surface area (Å²) in [6.07, 6.45) is 5.77. The van der Waals surface area contributed by atoms with Crippen molar-refractivity contribution in [2.45, 2.75) is 24.2 Å². The zero-order chi connectivity index (χ0) is 14.9. The lowest BCUT2D eigenvalue weighted by Crippen LogP contribution is -2.25. The summed E-state index contributed by atoms with van der Waals surface area (Å²) in [6.45, 7) is 0.677. The third-order valence-electron chi connectivity index (χ3n) is 2.89. The highest BCUT2D eigenvalue weighted by Crippen LogP contribution is 2.26. The van der Waals surface area contributed by atoms with E-state index in [2.05, 4.69) is 15.3 Å². The SMILES string of the molecule is O=C(CCSc1ccccc1Cl)NCCCc1ncc[nH]1. The summed E-state index contributed by atoms with van der Waals surface area (Å²) >= 11 is 7.67. The first-order chi connectivity index (χ1) is 10.3. The maximum atomic E-state index is 11.7. The summed E-state index contributed by atoms with van der Waals surface area (Å²) in [4.78, 5) is 19.9. The molecule has 0 atom stereocenters. The number of rotatable bonds is 8. The molecule has 4 nitrogen and oxygen atoms in total. The van der Waals surface area contributed by atoms with Crippen LogP contribution < -0.4 is 5.32 Å². The van der Waals surface area contributed by atoms with Crippen molar-refractivity contribution in [2.24, 2.45) is 0 Å². The average Bonchev–Trinajstić information content (AvgIpc) is 2.99. The summed E-state index contributed by atoms with van der Waals surface area (Å²) in [5.41, 5.74) is 0. The Bertz CT molecular complexity index is 560. The van der Waals surface area contributed by atoms with E-state index in [1.54, 1.807) is 24.2 Å². The predicted molar refractivity (Wildman–Crippen MR) is 86.7 cm³/mol. The second-order valence-electron chi connectivity index (χ2n) is 4.52. The Morgan fingerprint density at radius 3 is 3.00 bits per heavy atom. The third-order valence-corrected chi connectivity index (χ3v) is 4.41. The Morgan fingerprint density at radius 1 is 1.38 bits per heavy atom. The first kappa shape index (κ1) is 15.9. The van der Waals surface area contributed by atoms with Crippen LogP contribution in [-0.4, -0.2) is 28.2 Å². The van der Waals surface area contributed by atoms with Gasteiger partial charge in [-0.1, -0.05) is 23.7 Å². The van der Waals surface area contributed by atoms with Crippen molar-refractivity contribution in [2.75, 3.05) is 12.3 Å². The van der Waals surface area contributed by atoms with Crippen molar-refractivity contribution in [3.8, 4) is 0 Å². The molecule has 0 saturated heterocycles. The Kier molecular flexibility index (Phi) is 6.63. The predicted octanol–water partition coefficient (Wildman–Crippen LogP) is 3.29. The summed E-state index contributed by atoms with van der Waals surface area (Å²) in [6, 6.07) is 7.67. The molecule has 1 aromatic heterocycles. The lowest BCUT2D eigenvalue weighted by atomic mass is 10.3. The van der Waals surface area contributed by atoms with Crippen LogP contribution in [0.25, 0.3) is 0 Å². The van der Waals surface area contributed by atoms with Crippen LogP contribution >= 0.6 is 23.4 Å². The number of nitrogens with zero attached hydrogens (tertiary/aromatic N) is 1. The standard InChI is InChI=1S/C15H18ClN3OS/c16-12-4-1-2-5-13(12)21-11-7-15(20)19-8-3-6-14-17-9-10-18-14/h1-2,4-5,9-10H,3,6-8,11H2,(H,17,18)(H,19,20). The Hall–Kier alpha value is -1.46. The van der Waals surface area contributed by atoms with Gasteiger partial charge in [-0.15, -0.1) is 11.8 Å². The molecule has 0 radical (unpaired) electrons. The van der Waals surface area contributed by atoms with Crippen LogP contribution in [0.15, 0.2) is 41.6 Å². The second kappa shape index (κ2) is 8.74. The van der Waals surface area contributed by atoms with E-state index in [-0.39, 0.29) is 5.91 Å². The van der Waals surface area contributed by atoms with Gasteiger partial charge >= 0.3 is 0 Å². The van der Waals surface area contributed by atoms with Gasteiger partial charge in [0.1, 0.15) is 5.82 Å². The molecule has 2 aromatic rings. The van der Waals surface area contributed by atoms with Crippen LogP contribution in [0.1, 0.15) is 18.7 Å². The van der Waals surface area contributed by atoms with Crippen LogP contribution in [0.5, 0.6) is 0 Å². The maximum absolute atomic E-state index is 11.7. The van der Waals surface area contributed by atoms with Crippen molar-refractivity contribution in [1.82, 2.24) is 15.3 Å². The van der Waals surface area contributed by atoms with Gasteiger partial charge in [-0.3, -0.25) is 4.79 Å². The molecular formula is C15H18ClN3OS. The monoisotopic (exact) mass is 323 g/mol. The van der Waals surface area contributed by atoms with Crippen LogP contribution in [0.3, 0.4) is 0 Å². The molecule has 21 heavy (non-hydrogen) atoms. The number of aryl methyl sites for hydroxylation is 1. The van der Waals surface area contributed by atoms with Crippen molar-refractivity contribution in [3.05, 3.63) is 47.5 Å². The normalized spacial score (nSPS) is 10.5. The quantitative estimate of drug-likeness (QED) is 0.579. The number of thioether (sulfide) groups is 1. The number of aromatic nitrogens is 2. The number of H-pyrrole nitrogens is 1. The maximum Gasteiger partial charge on any atom is 0.220 e. The topological polar surface area (TPSA) is 57.8 Å². The van der Waals surface area contributed by atoms with Crippen LogP contribution in [0, 0.1) is 0 Å². The average molecular weight is 324 g/mol. The number of aromatic amines is 1. The first-order valence-corrected chi connectivity index (χ1v) is 8.24. The van der Waals surface area contributed by atoms with Gasteiger partial charge in [0.15, 0.2) is 0 Å². The molecule has 1 amide bonds. The third kappa shape index (κ3) is 5.81. The zero-order valence-corrected chi connectivity index (χ0v) is 13.2. The number of nitrogens with one attached hydrogen (secondary N) is 2. The summed E-state index contributed by atoms with van der Waals surface area (Å²) in [5, 5.41) is 3.66. The van der Waals surface area contributed by atoms with Gasteiger partial charge in [0.25, 0.3) is 0 Å². The number of hydrogen-bond donors (Lipinski definition) is 2. The summed E-state index contributed by atoms with van der Waals surface area (Å²) in [7, 11) is 0. The minimum Gasteiger partial charge on any atom is -0.356 e. The molecule has 0 aliphatic carbocycles. The molecular weight excluding hydrogens is 306 g/mol. The number of carbonyl (C=O) groups excluding carboxylic acids is 1. The first-order valence-electron chi connectivity index (χ1n) is 6.88. The molecule has 1 heterocycles. The van der Waals surface area contributed by atoms with E-state index in [0.29, 0.717) is 13.0 Å². The molecule has 0 aliphatic heterocycles. The van der Waals surface area contributed by atoms with E-state index in [0.717, 1.165) is 34.3 Å². The van der Waals surface area contributed by atoms with Gasteiger partial charge in [0.2, 0.25) is 5.91 Å². The molecule has 0 unspecified atom stereocenters. The van der Waals surface area contributed by atoms with Crippen molar-refractivity contribution < 1.29 is 4.79 Å². The zero-order valence-electron chi connectivity index (χ0n) is 11.6. The fourth-order valence-electron chi connectivity index (χ4n) is 1.82. The highest BCUT2D eigenvalue weighted by Gasteiger charge is 2.04. The summed E-state index contributed by atoms with van der Waals surface area (Å²) < 4.78 is 0. The Morgan fingerprint density at radius 2 is 2.24 bits per heavy atom. The fraction of sp³-hybridized carbons (Fsp3) is 0.333. The van der Waals surface area contributed by atoms with Crippen LogP contribution in [-0.2, 0) is 11.2 Å². The van der Waals surface area contributed by atoms with E-state index in [9.17, 15) is 4.79 Å². The molecule has 112 valence electrons. The van der Waals surface area contributed by atoms with Gasteiger partial charge in [0.05, 0.1) is 5.02 Å². The van der Waals surface area contributed by atoms with Gasteiger partial charge in [0, 0.05) is 42.4 Å². The fourth-order valence-corrected chi connectivity index (χ4v) is 3.01. The van der Waals surface area contributed by atoms with Gasteiger partial charge in [-0.25, -0.2) is 4.98 Å². The molecule has 0 saturated carbocycles. The van der Waals surface area contributed by atoms with Gasteiger partial charge in [-0.2, -0.15) is 0 Å². The largest absolute Gasteiger partial charge is 0.356 e. The van der Waals surface area contributed by atoms with Crippen molar-refractivity contribution in [3.63, 3.8) is 0 Å². The number of imidazole rings is 1.